The predicted molar refractivity (Wildman–Crippen MR) is 136 cm³/mol. The molecule has 184 valence electrons. The molecule has 3 aromatic rings. The zero-order chi connectivity index (χ0) is 24.2. The molecule has 2 aliphatic rings. The summed E-state index contributed by atoms with van der Waals surface area (Å²) in [5.74, 6) is 0.810. The number of piperazine rings is 1. The number of thioether (sulfide) groups is 1. The molecule has 1 amide bonds. The van der Waals surface area contributed by atoms with Crippen LogP contribution in [0.25, 0.3) is 5.69 Å². The van der Waals surface area contributed by atoms with E-state index in [1.807, 2.05) is 31.2 Å². The molecular formula is C26H31N5O3S. The number of hydrogen-bond acceptors (Lipinski definition) is 6. The van der Waals surface area contributed by atoms with Crippen molar-refractivity contribution in [1.29, 1.82) is 0 Å². The Kier molecular flexibility index (Phi) is 7.24. The highest BCUT2D eigenvalue weighted by Gasteiger charge is 2.27. The summed E-state index contributed by atoms with van der Waals surface area (Å²) >= 11 is 1.80. The lowest BCUT2D eigenvalue weighted by atomic mass is 10.1. The number of aromatic nitrogens is 3. The maximum atomic E-state index is 13.4. The Morgan fingerprint density at radius 1 is 1.03 bits per heavy atom. The first-order valence-corrected chi connectivity index (χ1v) is 13.2. The number of benzene rings is 2. The van der Waals surface area contributed by atoms with Gasteiger partial charge >= 0.3 is 11.8 Å². The number of fused-ring (bicyclic) bond motifs is 3. The molecule has 1 atom stereocenters. The van der Waals surface area contributed by atoms with Gasteiger partial charge in [0.15, 0.2) is 0 Å². The maximum absolute atomic E-state index is 13.4. The van der Waals surface area contributed by atoms with Crippen LogP contribution in [0.2, 0.25) is 0 Å². The number of para-hydroxylation sites is 1. The minimum Gasteiger partial charge on any atom is -0.450 e. The van der Waals surface area contributed by atoms with E-state index in [0.717, 1.165) is 42.5 Å². The molecular weight excluding hydrogens is 462 g/mol. The van der Waals surface area contributed by atoms with Gasteiger partial charge in [-0.2, -0.15) is 5.10 Å². The van der Waals surface area contributed by atoms with Crippen LogP contribution in [0, 0.1) is 0 Å². The number of rotatable bonds is 6. The molecule has 0 radical (unpaired) electrons. The highest BCUT2D eigenvalue weighted by molar-refractivity contribution is 7.99. The summed E-state index contributed by atoms with van der Waals surface area (Å²) in [4.78, 5) is 30.5. The number of nitrogens with zero attached hydrogens (tertiary/aromatic N) is 5. The van der Waals surface area contributed by atoms with Crippen molar-refractivity contribution < 1.29 is 9.53 Å². The van der Waals surface area contributed by atoms with Crippen molar-refractivity contribution in [3.05, 3.63) is 76.5 Å². The molecule has 9 heteroatoms. The smallest absolute Gasteiger partial charge is 0.409 e. The lowest BCUT2D eigenvalue weighted by Gasteiger charge is -2.33. The first-order valence-electron chi connectivity index (χ1n) is 12.3. The molecule has 0 spiro atoms. The third-order valence-electron chi connectivity index (χ3n) is 6.56. The largest absolute Gasteiger partial charge is 0.450 e. The van der Waals surface area contributed by atoms with Gasteiger partial charge in [0.25, 0.3) is 0 Å². The lowest BCUT2D eigenvalue weighted by molar-refractivity contribution is 0.0790. The van der Waals surface area contributed by atoms with Crippen LogP contribution in [-0.4, -0.2) is 69.6 Å². The summed E-state index contributed by atoms with van der Waals surface area (Å²) < 4.78 is 8.52. The summed E-state index contributed by atoms with van der Waals surface area (Å²) in [6.07, 6.45) is 1.29. The summed E-state index contributed by atoms with van der Waals surface area (Å²) in [6.45, 7) is 6.64. The Morgan fingerprint density at radius 2 is 1.77 bits per heavy atom. The van der Waals surface area contributed by atoms with E-state index in [9.17, 15) is 9.59 Å². The van der Waals surface area contributed by atoms with Gasteiger partial charge in [0, 0.05) is 55.8 Å². The van der Waals surface area contributed by atoms with E-state index in [0.29, 0.717) is 32.7 Å². The molecule has 0 N–H and O–H groups in total. The van der Waals surface area contributed by atoms with Crippen LogP contribution in [0.15, 0.2) is 64.3 Å². The van der Waals surface area contributed by atoms with Crippen LogP contribution in [-0.2, 0) is 17.7 Å². The number of ether oxygens (including phenoxy) is 1. The van der Waals surface area contributed by atoms with Gasteiger partial charge in [0.05, 0.1) is 12.3 Å². The molecule has 0 saturated carbocycles. The predicted octanol–water partition coefficient (Wildman–Crippen LogP) is 3.59. The summed E-state index contributed by atoms with van der Waals surface area (Å²) in [6, 6.07) is 18.5. The fourth-order valence-electron chi connectivity index (χ4n) is 4.74. The Bertz CT molecular complexity index is 1220. The van der Waals surface area contributed by atoms with Gasteiger partial charge in [-0.1, -0.05) is 42.5 Å². The van der Waals surface area contributed by atoms with E-state index in [1.54, 1.807) is 25.9 Å². The number of carbonyl (C=O) groups is 1. The van der Waals surface area contributed by atoms with E-state index >= 15 is 0 Å². The van der Waals surface area contributed by atoms with E-state index < -0.39 is 0 Å². The molecule has 1 saturated heterocycles. The number of aryl methyl sites for hydroxylation is 1. The average molecular weight is 494 g/mol. The summed E-state index contributed by atoms with van der Waals surface area (Å²) in [5.41, 5.74) is 2.08. The fraction of sp³-hybridized carbons (Fsp3) is 0.423. The first-order chi connectivity index (χ1) is 17.1. The third kappa shape index (κ3) is 5.16. The molecule has 0 bridgehead atoms. The normalized spacial score (nSPS) is 18.0. The number of carbonyl (C=O) groups excluding carboxylic acids is 1. The van der Waals surface area contributed by atoms with Crippen LogP contribution < -0.4 is 5.69 Å². The van der Waals surface area contributed by atoms with Crippen LogP contribution >= 0.6 is 11.8 Å². The SMILES string of the molecule is CCOC(=O)N1CCN(CCCn2nc3n(c2=O)-c2ccccc2SC(c2ccccc2)C3)CC1. The van der Waals surface area contributed by atoms with Crippen LogP contribution in [0.4, 0.5) is 4.79 Å². The highest BCUT2D eigenvalue weighted by atomic mass is 32.2. The minimum atomic E-state index is -0.231. The Morgan fingerprint density at radius 3 is 2.54 bits per heavy atom. The standard InChI is InChI=1S/C26H31N5O3S/c1-2-34-26(33)29-17-15-28(16-18-29)13-8-14-30-25(32)31-21-11-6-7-12-22(21)35-23(19-24(31)27-30)20-9-4-3-5-10-20/h3-7,9-12,23H,2,8,13-19H2,1H3. The van der Waals surface area contributed by atoms with Crippen molar-refractivity contribution in [3.63, 3.8) is 0 Å². The Labute approximate surface area is 209 Å². The second-order valence-corrected chi connectivity index (χ2v) is 10.1. The maximum Gasteiger partial charge on any atom is 0.409 e. The molecule has 2 aliphatic heterocycles. The van der Waals surface area contributed by atoms with Gasteiger partial charge in [0.1, 0.15) is 5.82 Å². The fourth-order valence-corrected chi connectivity index (χ4v) is 6.01. The van der Waals surface area contributed by atoms with E-state index in [4.69, 9.17) is 9.84 Å². The van der Waals surface area contributed by atoms with Crippen LogP contribution in [0.1, 0.15) is 30.0 Å². The van der Waals surface area contributed by atoms with E-state index in [1.165, 1.54) is 5.56 Å². The summed E-state index contributed by atoms with van der Waals surface area (Å²) in [5, 5.41) is 4.99. The monoisotopic (exact) mass is 493 g/mol. The van der Waals surface area contributed by atoms with Gasteiger partial charge in [-0.25, -0.2) is 18.8 Å². The third-order valence-corrected chi connectivity index (χ3v) is 7.89. The van der Waals surface area contributed by atoms with Gasteiger partial charge in [0.2, 0.25) is 0 Å². The Hall–Kier alpha value is -3.04. The minimum absolute atomic E-state index is 0.0751. The number of hydrogen-bond donors (Lipinski definition) is 0. The van der Waals surface area contributed by atoms with Gasteiger partial charge in [-0.3, -0.25) is 4.90 Å². The second-order valence-electron chi connectivity index (χ2n) is 8.83. The number of amides is 1. The van der Waals surface area contributed by atoms with Crippen molar-refractivity contribution in [2.75, 3.05) is 39.3 Å². The zero-order valence-corrected chi connectivity index (χ0v) is 20.8. The molecule has 1 aromatic heterocycles. The second kappa shape index (κ2) is 10.7. The molecule has 3 heterocycles. The molecule has 0 aliphatic carbocycles. The van der Waals surface area contributed by atoms with Crippen molar-refractivity contribution in [2.45, 2.75) is 36.5 Å². The molecule has 1 unspecified atom stereocenters. The summed E-state index contributed by atoms with van der Waals surface area (Å²) in [7, 11) is 0. The first kappa shape index (κ1) is 23.7. The van der Waals surface area contributed by atoms with Gasteiger partial charge < -0.3 is 9.64 Å². The lowest BCUT2D eigenvalue weighted by Crippen LogP contribution is -2.49. The van der Waals surface area contributed by atoms with Crippen molar-refractivity contribution in [3.8, 4) is 5.69 Å². The highest BCUT2D eigenvalue weighted by Crippen LogP contribution is 2.42. The quantitative estimate of drug-likeness (QED) is 0.523. The van der Waals surface area contributed by atoms with Crippen molar-refractivity contribution in [1.82, 2.24) is 24.1 Å². The molecule has 2 aromatic carbocycles. The van der Waals surface area contributed by atoms with E-state index in [2.05, 4.69) is 35.2 Å². The van der Waals surface area contributed by atoms with Gasteiger partial charge in [-0.05, 0) is 31.0 Å². The van der Waals surface area contributed by atoms with Crippen molar-refractivity contribution in [2.24, 2.45) is 0 Å². The van der Waals surface area contributed by atoms with Crippen molar-refractivity contribution >= 4 is 17.9 Å². The molecule has 5 rings (SSSR count). The van der Waals surface area contributed by atoms with Crippen LogP contribution in [0.5, 0.6) is 0 Å². The van der Waals surface area contributed by atoms with Crippen LogP contribution in [0.3, 0.4) is 0 Å². The molecule has 35 heavy (non-hydrogen) atoms. The Balaban J connectivity index is 1.28. The average Bonchev–Trinajstić information content (AvgIpc) is 3.09. The molecule has 8 nitrogen and oxygen atoms in total. The van der Waals surface area contributed by atoms with E-state index in [-0.39, 0.29) is 17.0 Å². The molecule has 1 fully saturated rings. The topological polar surface area (TPSA) is 72.6 Å². The van der Waals surface area contributed by atoms with Gasteiger partial charge in [-0.15, -0.1) is 11.8 Å². The zero-order valence-electron chi connectivity index (χ0n) is 20.0.